The Hall–Kier alpha value is -0.640. The van der Waals surface area contributed by atoms with Crippen LogP contribution in [-0.2, 0) is 6.61 Å². The second-order valence-electron chi connectivity index (χ2n) is 5.91. The van der Waals surface area contributed by atoms with E-state index in [0.29, 0.717) is 12.2 Å². The Labute approximate surface area is 213 Å². The largest absolute Gasteiger partial charge is 0.487 e. The maximum atomic E-state index is 9.58. The molecule has 0 saturated heterocycles. The zero-order chi connectivity index (χ0) is 20.1. The fourth-order valence-electron chi connectivity index (χ4n) is 2.51. The maximum absolute atomic E-state index is 9.58. The van der Waals surface area contributed by atoms with Crippen LogP contribution in [0.1, 0.15) is 16.7 Å². The van der Waals surface area contributed by atoms with Crippen molar-refractivity contribution in [3.8, 4) is 11.8 Å². The normalized spacial score (nSPS) is 11.2. The fraction of sp³-hybridized carbons (Fsp3) is 0.0455. The van der Waals surface area contributed by atoms with E-state index in [2.05, 4.69) is 89.8 Å². The van der Waals surface area contributed by atoms with Gasteiger partial charge in [0.2, 0.25) is 0 Å². The average Bonchev–Trinajstić information content (AvgIpc) is 2.67. The summed E-state index contributed by atoms with van der Waals surface area (Å²) < 4.78 is 10.3. The zero-order valence-electron chi connectivity index (χ0n) is 14.4. The lowest BCUT2D eigenvalue weighted by molar-refractivity contribution is 0.301. The molecule has 0 amide bonds. The topological polar surface area (TPSA) is 33.0 Å². The molecule has 140 valence electrons. The highest BCUT2D eigenvalue weighted by Gasteiger charge is 2.10. The lowest BCUT2D eigenvalue weighted by Gasteiger charge is -2.12. The van der Waals surface area contributed by atoms with Gasteiger partial charge < -0.3 is 4.74 Å². The second-order valence-corrected chi connectivity index (χ2v) is 10.4. The number of hydrogen-bond acceptors (Lipinski definition) is 2. The molecule has 0 saturated carbocycles. The van der Waals surface area contributed by atoms with Crippen LogP contribution < -0.4 is 4.74 Å². The Morgan fingerprint density at radius 1 is 0.964 bits per heavy atom. The second kappa shape index (κ2) is 10.4. The molecule has 2 nitrogen and oxygen atoms in total. The first kappa shape index (κ1) is 22.1. The maximum Gasteiger partial charge on any atom is 0.146 e. The van der Waals surface area contributed by atoms with Crippen LogP contribution in [0.15, 0.2) is 65.1 Å². The van der Waals surface area contributed by atoms with Crippen molar-refractivity contribution in [3.05, 3.63) is 92.5 Å². The molecule has 0 unspecified atom stereocenters. The van der Waals surface area contributed by atoms with Crippen molar-refractivity contribution in [1.29, 1.82) is 5.26 Å². The minimum atomic E-state index is 0.514. The molecular formula is C22H13BrI3NO. The van der Waals surface area contributed by atoms with Crippen molar-refractivity contribution in [2.24, 2.45) is 0 Å². The minimum Gasteiger partial charge on any atom is -0.487 e. The summed E-state index contributed by atoms with van der Waals surface area (Å²) in [6.07, 6.45) is 1.92. The lowest BCUT2D eigenvalue weighted by Crippen LogP contribution is -1.99. The van der Waals surface area contributed by atoms with Gasteiger partial charge in [0.15, 0.2) is 0 Å². The van der Waals surface area contributed by atoms with Gasteiger partial charge in [0, 0.05) is 8.04 Å². The average molecular weight is 768 g/mol. The van der Waals surface area contributed by atoms with Crippen LogP contribution >= 0.6 is 83.7 Å². The predicted octanol–water partition coefficient (Wildman–Crippen LogP) is 7.91. The quantitative estimate of drug-likeness (QED) is 0.150. The van der Waals surface area contributed by atoms with E-state index in [1.165, 1.54) is 0 Å². The fourth-order valence-corrected chi connectivity index (χ4v) is 5.26. The Morgan fingerprint density at radius 3 is 2.14 bits per heavy atom. The number of hydrogen-bond donors (Lipinski definition) is 0. The van der Waals surface area contributed by atoms with Gasteiger partial charge in [0.05, 0.1) is 18.8 Å². The summed E-state index contributed by atoms with van der Waals surface area (Å²) in [7, 11) is 0. The molecule has 28 heavy (non-hydrogen) atoms. The van der Waals surface area contributed by atoms with Crippen molar-refractivity contribution in [1.82, 2.24) is 0 Å². The molecule has 6 heteroatoms. The number of allylic oxidation sites excluding steroid dienone is 1. The SMILES string of the molecule is N#C/C(=C/c1cc(I)c(OCc2ccc(Br)cc2)c(I)c1)c1ccc(I)cc1. The molecule has 0 heterocycles. The highest BCUT2D eigenvalue weighted by Crippen LogP contribution is 2.31. The van der Waals surface area contributed by atoms with Gasteiger partial charge >= 0.3 is 0 Å². The molecule has 0 aliphatic carbocycles. The number of benzene rings is 3. The molecule has 0 N–H and O–H groups in total. The van der Waals surface area contributed by atoms with Crippen LogP contribution in [0.5, 0.6) is 5.75 Å². The van der Waals surface area contributed by atoms with E-state index >= 15 is 0 Å². The number of nitrogens with zero attached hydrogens (tertiary/aromatic N) is 1. The molecule has 0 radical (unpaired) electrons. The van der Waals surface area contributed by atoms with Crippen LogP contribution in [0, 0.1) is 22.0 Å². The molecule has 0 bridgehead atoms. The number of rotatable bonds is 5. The minimum absolute atomic E-state index is 0.514. The van der Waals surface area contributed by atoms with Gasteiger partial charge in [-0.15, -0.1) is 0 Å². The van der Waals surface area contributed by atoms with Crippen LogP contribution in [-0.4, -0.2) is 0 Å². The van der Waals surface area contributed by atoms with Crippen LogP contribution in [0.4, 0.5) is 0 Å². The van der Waals surface area contributed by atoms with Crippen molar-refractivity contribution >= 4 is 95.4 Å². The van der Waals surface area contributed by atoms with E-state index < -0.39 is 0 Å². The molecule has 0 atom stereocenters. The third-order valence-electron chi connectivity index (χ3n) is 3.90. The van der Waals surface area contributed by atoms with Gasteiger partial charge in [-0.05, 0) is 127 Å². The Morgan fingerprint density at radius 2 is 1.57 bits per heavy atom. The van der Waals surface area contributed by atoms with E-state index in [1.807, 2.05) is 66.7 Å². The third-order valence-corrected chi connectivity index (χ3v) is 6.75. The van der Waals surface area contributed by atoms with Crippen molar-refractivity contribution in [3.63, 3.8) is 0 Å². The number of nitriles is 1. The Kier molecular flexibility index (Phi) is 8.20. The molecule has 3 rings (SSSR count). The predicted molar refractivity (Wildman–Crippen MR) is 143 cm³/mol. The van der Waals surface area contributed by atoms with E-state index in [1.54, 1.807) is 0 Å². The molecule has 3 aromatic rings. The highest BCUT2D eigenvalue weighted by atomic mass is 127. The molecule has 0 aromatic heterocycles. The number of ether oxygens (including phenoxy) is 1. The smallest absolute Gasteiger partial charge is 0.146 e. The Bertz CT molecular complexity index is 1030. The van der Waals surface area contributed by atoms with Crippen LogP contribution in [0.2, 0.25) is 0 Å². The lowest BCUT2D eigenvalue weighted by atomic mass is 10.0. The first-order chi connectivity index (χ1) is 13.5. The first-order valence-corrected chi connectivity index (χ1v) is 12.2. The zero-order valence-corrected chi connectivity index (χ0v) is 22.5. The molecule has 3 aromatic carbocycles. The van der Waals surface area contributed by atoms with E-state index in [0.717, 1.165) is 37.6 Å². The summed E-state index contributed by atoms with van der Waals surface area (Å²) in [6, 6.07) is 22.5. The van der Waals surface area contributed by atoms with Gasteiger partial charge in [-0.1, -0.05) is 40.2 Å². The third kappa shape index (κ3) is 5.93. The van der Waals surface area contributed by atoms with Crippen molar-refractivity contribution < 1.29 is 4.74 Å². The highest BCUT2D eigenvalue weighted by molar-refractivity contribution is 14.1. The van der Waals surface area contributed by atoms with Crippen molar-refractivity contribution in [2.45, 2.75) is 6.61 Å². The first-order valence-electron chi connectivity index (χ1n) is 8.20. The molecule has 0 aliphatic heterocycles. The van der Waals surface area contributed by atoms with E-state index in [4.69, 9.17) is 4.74 Å². The van der Waals surface area contributed by atoms with Crippen LogP contribution in [0.3, 0.4) is 0 Å². The van der Waals surface area contributed by atoms with E-state index in [-0.39, 0.29) is 0 Å². The van der Waals surface area contributed by atoms with Crippen molar-refractivity contribution in [2.75, 3.05) is 0 Å². The standard InChI is InChI=1S/C22H13BrI3NO/c23-18-5-1-14(2-6-18)13-28-22-20(25)10-15(11-21(22)26)9-17(12-27)16-3-7-19(24)8-4-16/h1-11H,13H2/b17-9-. The summed E-state index contributed by atoms with van der Waals surface area (Å²) in [5, 5.41) is 9.58. The van der Waals surface area contributed by atoms with Crippen LogP contribution in [0.25, 0.3) is 11.6 Å². The van der Waals surface area contributed by atoms with Gasteiger partial charge in [-0.25, -0.2) is 0 Å². The summed E-state index contributed by atoms with van der Waals surface area (Å²) in [6.45, 7) is 0.514. The summed E-state index contributed by atoms with van der Waals surface area (Å²) in [5.41, 5.74) is 3.67. The summed E-state index contributed by atoms with van der Waals surface area (Å²) >= 11 is 10.3. The molecule has 0 fully saturated rings. The molecule has 0 aliphatic rings. The van der Waals surface area contributed by atoms with Gasteiger partial charge in [-0.2, -0.15) is 5.26 Å². The molecule has 0 spiro atoms. The summed E-state index contributed by atoms with van der Waals surface area (Å²) in [4.78, 5) is 0. The summed E-state index contributed by atoms with van der Waals surface area (Å²) in [5.74, 6) is 0.869. The van der Waals surface area contributed by atoms with Gasteiger partial charge in [0.25, 0.3) is 0 Å². The van der Waals surface area contributed by atoms with E-state index in [9.17, 15) is 5.26 Å². The molecular weight excluding hydrogens is 755 g/mol. The Balaban J connectivity index is 1.83. The van der Waals surface area contributed by atoms with Gasteiger partial charge in [-0.3, -0.25) is 0 Å². The van der Waals surface area contributed by atoms with Gasteiger partial charge in [0.1, 0.15) is 12.4 Å². The monoisotopic (exact) mass is 767 g/mol. The number of halogens is 4.